The summed E-state index contributed by atoms with van der Waals surface area (Å²) in [5, 5.41) is 10.7. The minimum Gasteiger partial charge on any atom is -0.493 e. The van der Waals surface area contributed by atoms with Crippen molar-refractivity contribution in [3.63, 3.8) is 0 Å². The number of aliphatic hydroxyl groups is 1. The molecule has 116 valence electrons. The van der Waals surface area contributed by atoms with Crippen LogP contribution in [-0.4, -0.2) is 19.3 Å². The van der Waals surface area contributed by atoms with Gasteiger partial charge in [-0.2, -0.15) is 0 Å². The summed E-state index contributed by atoms with van der Waals surface area (Å²) in [4.78, 5) is 0. The minimum atomic E-state index is -0.586. The molecule has 1 unspecified atom stereocenters. The lowest BCUT2D eigenvalue weighted by Crippen LogP contribution is -2.05. The van der Waals surface area contributed by atoms with Crippen LogP contribution in [0.25, 0.3) is 0 Å². The highest BCUT2D eigenvalue weighted by Gasteiger charge is 2.19. The fraction of sp³-hybridized carbons (Fsp3) is 0.529. The van der Waals surface area contributed by atoms with E-state index in [1.807, 2.05) is 12.1 Å². The van der Waals surface area contributed by atoms with E-state index in [0.717, 1.165) is 34.9 Å². The van der Waals surface area contributed by atoms with E-state index in [1.165, 1.54) is 19.3 Å². The topological polar surface area (TPSA) is 38.7 Å². The van der Waals surface area contributed by atoms with Gasteiger partial charge in [0.05, 0.1) is 14.2 Å². The maximum atomic E-state index is 10.7. The second-order valence-electron chi connectivity index (χ2n) is 5.36. The molecule has 0 bridgehead atoms. The van der Waals surface area contributed by atoms with E-state index in [4.69, 9.17) is 9.47 Å². The Balaban J connectivity index is 2.31. The zero-order chi connectivity index (χ0) is 15.2. The van der Waals surface area contributed by atoms with E-state index in [2.05, 4.69) is 22.0 Å². The Morgan fingerprint density at radius 3 is 2.43 bits per heavy atom. The largest absolute Gasteiger partial charge is 0.493 e. The molecule has 1 aromatic rings. The van der Waals surface area contributed by atoms with Crippen molar-refractivity contribution in [2.24, 2.45) is 0 Å². The summed E-state index contributed by atoms with van der Waals surface area (Å²) in [6, 6.07) is 3.70. The Kier molecular flexibility index (Phi) is 6.12. The third-order valence-corrected chi connectivity index (χ3v) is 4.66. The van der Waals surface area contributed by atoms with E-state index in [-0.39, 0.29) is 0 Å². The summed E-state index contributed by atoms with van der Waals surface area (Å²) in [5.74, 6) is 1.30. The third kappa shape index (κ3) is 4.01. The van der Waals surface area contributed by atoms with Gasteiger partial charge in [0, 0.05) is 10.0 Å². The van der Waals surface area contributed by atoms with Gasteiger partial charge in [-0.3, -0.25) is 0 Å². The molecule has 0 radical (unpaired) electrons. The van der Waals surface area contributed by atoms with Crippen LogP contribution in [0.3, 0.4) is 0 Å². The highest BCUT2D eigenvalue weighted by Crippen LogP contribution is 2.39. The first-order valence-corrected chi connectivity index (χ1v) is 8.25. The number of allylic oxidation sites excluding steroid dienone is 1. The van der Waals surface area contributed by atoms with Crippen LogP contribution < -0.4 is 9.47 Å². The van der Waals surface area contributed by atoms with Crippen molar-refractivity contribution in [2.75, 3.05) is 14.2 Å². The second-order valence-corrected chi connectivity index (χ2v) is 6.22. The van der Waals surface area contributed by atoms with Crippen LogP contribution in [0.2, 0.25) is 0 Å². The molecule has 21 heavy (non-hydrogen) atoms. The van der Waals surface area contributed by atoms with Gasteiger partial charge in [0.2, 0.25) is 0 Å². The lowest BCUT2D eigenvalue weighted by atomic mass is 9.92. The number of aliphatic hydroxyl groups excluding tert-OH is 1. The first-order chi connectivity index (χ1) is 10.2. The van der Waals surface area contributed by atoms with Gasteiger partial charge in [-0.15, -0.1) is 0 Å². The molecule has 1 N–H and O–H groups in total. The molecule has 0 aliphatic heterocycles. The molecule has 2 rings (SSSR count). The third-order valence-electron chi connectivity index (χ3n) is 3.97. The molecule has 1 atom stereocenters. The van der Waals surface area contributed by atoms with Crippen molar-refractivity contribution in [2.45, 2.75) is 44.6 Å². The van der Waals surface area contributed by atoms with E-state index in [1.54, 1.807) is 14.2 Å². The van der Waals surface area contributed by atoms with E-state index >= 15 is 0 Å². The maximum absolute atomic E-state index is 10.7. The van der Waals surface area contributed by atoms with E-state index < -0.39 is 6.10 Å². The van der Waals surface area contributed by atoms with Crippen LogP contribution in [0, 0.1) is 0 Å². The summed E-state index contributed by atoms with van der Waals surface area (Å²) in [7, 11) is 3.22. The molecule has 0 spiro atoms. The van der Waals surface area contributed by atoms with E-state index in [0.29, 0.717) is 11.5 Å². The molecular weight excluding hydrogens is 332 g/mol. The van der Waals surface area contributed by atoms with Gasteiger partial charge >= 0.3 is 0 Å². The zero-order valence-electron chi connectivity index (χ0n) is 12.7. The monoisotopic (exact) mass is 354 g/mol. The van der Waals surface area contributed by atoms with Crippen LogP contribution in [0.15, 0.2) is 28.3 Å². The molecule has 1 aliphatic carbocycles. The Hall–Kier alpha value is -1.00. The van der Waals surface area contributed by atoms with Crippen molar-refractivity contribution in [1.82, 2.24) is 0 Å². The molecular formula is C17H23BrO3. The van der Waals surface area contributed by atoms with Gasteiger partial charge in [0.25, 0.3) is 0 Å². The number of ether oxygens (including phenoxy) is 2. The van der Waals surface area contributed by atoms with Crippen LogP contribution >= 0.6 is 15.9 Å². The quantitative estimate of drug-likeness (QED) is 0.790. The van der Waals surface area contributed by atoms with Crippen molar-refractivity contribution >= 4 is 15.9 Å². The number of hydrogen-bond donors (Lipinski definition) is 1. The van der Waals surface area contributed by atoms with Crippen LogP contribution in [0.5, 0.6) is 11.5 Å². The van der Waals surface area contributed by atoms with Gasteiger partial charge in [-0.1, -0.05) is 34.8 Å². The van der Waals surface area contributed by atoms with Gasteiger partial charge in [-0.25, -0.2) is 0 Å². The van der Waals surface area contributed by atoms with Crippen LogP contribution in [0.4, 0.5) is 0 Å². The Bertz CT molecular complexity index is 511. The summed E-state index contributed by atoms with van der Waals surface area (Å²) >= 11 is 3.53. The predicted octanol–water partition coefficient (Wildman–Crippen LogP) is 4.78. The van der Waals surface area contributed by atoms with Crippen molar-refractivity contribution in [1.29, 1.82) is 0 Å². The summed E-state index contributed by atoms with van der Waals surface area (Å²) < 4.78 is 11.5. The van der Waals surface area contributed by atoms with Crippen molar-refractivity contribution in [3.05, 3.63) is 33.8 Å². The van der Waals surface area contributed by atoms with Gasteiger partial charge in [0.1, 0.15) is 6.10 Å². The SMILES string of the molecule is COc1cc(Br)c(C(O)/C2=C/CCCCCC2)cc1OC. The lowest BCUT2D eigenvalue weighted by Gasteiger charge is -2.20. The fourth-order valence-electron chi connectivity index (χ4n) is 2.74. The molecule has 3 nitrogen and oxygen atoms in total. The fourth-order valence-corrected chi connectivity index (χ4v) is 3.28. The Morgan fingerprint density at radius 2 is 1.71 bits per heavy atom. The smallest absolute Gasteiger partial charge is 0.161 e. The number of methoxy groups -OCH3 is 2. The molecule has 4 heteroatoms. The first-order valence-electron chi connectivity index (χ1n) is 7.45. The Morgan fingerprint density at radius 1 is 1.05 bits per heavy atom. The normalized spacial score (nSPS) is 19.9. The number of benzene rings is 1. The standard InChI is InChI=1S/C17H23BrO3/c1-20-15-10-13(14(18)11-16(15)21-2)17(19)12-8-6-4-3-5-7-9-12/h8,10-11,17,19H,3-7,9H2,1-2H3/b12-8+. The average Bonchev–Trinajstić information content (AvgIpc) is 2.46. The number of halogens is 1. The first kappa shape index (κ1) is 16.4. The minimum absolute atomic E-state index is 0.586. The van der Waals surface area contributed by atoms with E-state index in [9.17, 15) is 5.11 Å². The number of hydrogen-bond acceptors (Lipinski definition) is 3. The molecule has 0 heterocycles. The van der Waals surface area contributed by atoms with Crippen LogP contribution in [0.1, 0.15) is 50.2 Å². The molecule has 0 saturated heterocycles. The summed E-state index contributed by atoms with van der Waals surface area (Å²) in [6.45, 7) is 0. The zero-order valence-corrected chi connectivity index (χ0v) is 14.3. The molecule has 1 aliphatic rings. The molecule has 1 aromatic carbocycles. The van der Waals surface area contributed by atoms with Gasteiger partial charge < -0.3 is 14.6 Å². The highest BCUT2D eigenvalue weighted by molar-refractivity contribution is 9.10. The summed E-state index contributed by atoms with van der Waals surface area (Å²) in [6.07, 6.45) is 8.53. The molecule has 0 amide bonds. The highest BCUT2D eigenvalue weighted by atomic mass is 79.9. The molecule has 0 fully saturated rings. The number of rotatable bonds is 4. The summed E-state index contributed by atoms with van der Waals surface area (Å²) in [5.41, 5.74) is 1.95. The maximum Gasteiger partial charge on any atom is 0.161 e. The van der Waals surface area contributed by atoms with Gasteiger partial charge in [-0.05, 0) is 43.4 Å². The Labute approximate surface area is 135 Å². The average molecular weight is 355 g/mol. The van der Waals surface area contributed by atoms with Crippen LogP contribution in [-0.2, 0) is 0 Å². The predicted molar refractivity (Wildman–Crippen MR) is 88.0 cm³/mol. The van der Waals surface area contributed by atoms with Gasteiger partial charge in [0.15, 0.2) is 11.5 Å². The van der Waals surface area contributed by atoms with Crippen molar-refractivity contribution < 1.29 is 14.6 Å². The molecule has 0 saturated carbocycles. The second kappa shape index (κ2) is 7.85. The lowest BCUT2D eigenvalue weighted by molar-refractivity contribution is 0.207. The molecule has 0 aromatic heterocycles. The van der Waals surface area contributed by atoms with Crippen molar-refractivity contribution in [3.8, 4) is 11.5 Å².